The molecule has 0 fully saturated rings. The first-order valence-electron chi connectivity index (χ1n) is 5.26. The molecule has 0 saturated heterocycles. The zero-order chi connectivity index (χ0) is 14.0. The van der Waals surface area contributed by atoms with Gasteiger partial charge in [0, 0.05) is 6.92 Å². The zero-order valence-corrected chi connectivity index (χ0v) is 10.5. The Morgan fingerprint density at radius 3 is 2.68 bits per heavy atom. The highest BCUT2D eigenvalue weighted by Crippen LogP contribution is 2.38. The van der Waals surface area contributed by atoms with Gasteiger partial charge in [0.2, 0.25) is 5.89 Å². The van der Waals surface area contributed by atoms with Crippen LogP contribution in [0, 0.1) is 6.92 Å². The Labute approximate surface area is 111 Å². The highest BCUT2D eigenvalue weighted by atomic mass is 35.5. The van der Waals surface area contributed by atoms with Crippen LogP contribution in [0.25, 0.3) is 0 Å². The summed E-state index contributed by atoms with van der Waals surface area (Å²) in [6, 6.07) is 3.57. The van der Waals surface area contributed by atoms with E-state index < -0.39 is 11.7 Å². The van der Waals surface area contributed by atoms with Crippen LogP contribution in [0.5, 0.6) is 0 Å². The molecular weight excluding hydrogens is 283 g/mol. The van der Waals surface area contributed by atoms with Gasteiger partial charge in [0.1, 0.15) is 0 Å². The number of rotatable bonds is 3. The molecule has 1 N–H and O–H groups in total. The predicted molar refractivity (Wildman–Crippen MR) is 62.8 cm³/mol. The Kier molecular flexibility index (Phi) is 3.66. The first-order valence-corrected chi connectivity index (χ1v) is 5.64. The Hall–Kier alpha value is -1.76. The second kappa shape index (κ2) is 5.08. The minimum Gasteiger partial charge on any atom is -0.376 e. The molecule has 8 heteroatoms. The molecule has 2 aromatic rings. The summed E-state index contributed by atoms with van der Waals surface area (Å²) in [7, 11) is 0. The number of aryl methyl sites for hydroxylation is 1. The molecule has 0 radical (unpaired) electrons. The third kappa shape index (κ3) is 3.17. The molecule has 0 saturated carbocycles. The Morgan fingerprint density at radius 2 is 2.11 bits per heavy atom. The normalized spacial score (nSPS) is 11.6. The molecule has 0 amide bonds. The summed E-state index contributed by atoms with van der Waals surface area (Å²) in [6.07, 6.45) is -4.49. The molecule has 0 spiro atoms. The van der Waals surface area contributed by atoms with E-state index in [4.69, 9.17) is 16.1 Å². The number of anilines is 1. The number of hydrogen-bond donors (Lipinski definition) is 1. The number of para-hydroxylation sites is 1. The van der Waals surface area contributed by atoms with Crippen LogP contribution in [-0.4, -0.2) is 10.1 Å². The number of alkyl halides is 3. The third-order valence-electron chi connectivity index (χ3n) is 2.31. The molecule has 102 valence electrons. The van der Waals surface area contributed by atoms with Crippen molar-refractivity contribution in [2.45, 2.75) is 19.6 Å². The number of hydrogen-bond acceptors (Lipinski definition) is 4. The number of aromatic nitrogens is 2. The van der Waals surface area contributed by atoms with Gasteiger partial charge in [0.05, 0.1) is 22.8 Å². The van der Waals surface area contributed by atoms with Crippen molar-refractivity contribution in [1.29, 1.82) is 0 Å². The maximum atomic E-state index is 12.8. The van der Waals surface area contributed by atoms with Crippen molar-refractivity contribution in [2.24, 2.45) is 0 Å². The molecule has 0 aliphatic rings. The second-order valence-corrected chi connectivity index (χ2v) is 4.15. The molecule has 1 aromatic carbocycles. The highest BCUT2D eigenvalue weighted by Gasteiger charge is 2.34. The van der Waals surface area contributed by atoms with Crippen molar-refractivity contribution in [3.8, 4) is 0 Å². The van der Waals surface area contributed by atoms with Gasteiger partial charge in [-0.15, -0.1) is 0 Å². The molecule has 0 aliphatic heterocycles. The number of halogens is 4. The maximum Gasteiger partial charge on any atom is 0.418 e. The fourth-order valence-electron chi connectivity index (χ4n) is 1.52. The average molecular weight is 292 g/mol. The van der Waals surface area contributed by atoms with Gasteiger partial charge < -0.3 is 9.84 Å². The lowest BCUT2D eigenvalue weighted by molar-refractivity contribution is -0.136. The minimum atomic E-state index is -4.49. The van der Waals surface area contributed by atoms with Gasteiger partial charge in [0.25, 0.3) is 0 Å². The van der Waals surface area contributed by atoms with Crippen molar-refractivity contribution in [2.75, 3.05) is 5.32 Å². The van der Waals surface area contributed by atoms with Crippen molar-refractivity contribution in [1.82, 2.24) is 10.1 Å². The minimum absolute atomic E-state index is 0.00977. The van der Waals surface area contributed by atoms with Crippen LogP contribution in [0.15, 0.2) is 22.7 Å². The highest BCUT2D eigenvalue weighted by molar-refractivity contribution is 6.33. The fraction of sp³-hybridized carbons (Fsp3) is 0.273. The largest absolute Gasteiger partial charge is 0.418 e. The molecular formula is C11H9ClF3N3O. The van der Waals surface area contributed by atoms with E-state index in [2.05, 4.69) is 15.5 Å². The van der Waals surface area contributed by atoms with E-state index in [1.165, 1.54) is 12.1 Å². The van der Waals surface area contributed by atoms with Crippen LogP contribution >= 0.6 is 11.6 Å². The van der Waals surface area contributed by atoms with Gasteiger partial charge in [-0.3, -0.25) is 0 Å². The van der Waals surface area contributed by atoms with E-state index in [1.807, 2.05) is 0 Å². The van der Waals surface area contributed by atoms with Crippen LogP contribution in [0.2, 0.25) is 5.02 Å². The van der Waals surface area contributed by atoms with Crippen LogP contribution in [0.3, 0.4) is 0 Å². The molecule has 0 unspecified atom stereocenters. The smallest absolute Gasteiger partial charge is 0.376 e. The first kappa shape index (κ1) is 13.7. The van der Waals surface area contributed by atoms with Crippen molar-refractivity contribution >= 4 is 17.3 Å². The van der Waals surface area contributed by atoms with Gasteiger partial charge in [-0.2, -0.15) is 18.2 Å². The molecule has 19 heavy (non-hydrogen) atoms. The quantitative estimate of drug-likeness (QED) is 0.937. The lowest BCUT2D eigenvalue weighted by atomic mass is 10.1. The topological polar surface area (TPSA) is 51.0 Å². The van der Waals surface area contributed by atoms with E-state index in [0.29, 0.717) is 5.89 Å². The van der Waals surface area contributed by atoms with E-state index in [0.717, 1.165) is 6.07 Å². The average Bonchev–Trinajstić information content (AvgIpc) is 2.72. The second-order valence-electron chi connectivity index (χ2n) is 3.74. The van der Waals surface area contributed by atoms with Crippen LogP contribution in [-0.2, 0) is 12.7 Å². The fourth-order valence-corrected chi connectivity index (χ4v) is 1.76. The Balaban J connectivity index is 2.24. The van der Waals surface area contributed by atoms with Crippen LogP contribution < -0.4 is 5.32 Å². The number of nitrogens with zero attached hydrogens (tertiary/aromatic N) is 2. The number of benzene rings is 1. The van der Waals surface area contributed by atoms with E-state index in [1.54, 1.807) is 6.92 Å². The van der Waals surface area contributed by atoms with Gasteiger partial charge in [-0.05, 0) is 12.1 Å². The first-order chi connectivity index (χ1) is 8.88. The summed E-state index contributed by atoms with van der Waals surface area (Å²) in [5, 5.41) is 6.14. The van der Waals surface area contributed by atoms with E-state index in [9.17, 15) is 13.2 Å². The summed E-state index contributed by atoms with van der Waals surface area (Å²) < 4.78 is 43.2. The van der Waals surface area contributed by atoms with Gasteiger partial charge in [-0.1, -0.05) is 22.8 Å². The summed E-state index contributed by atoms with van der Waals surface area (Å²) in [4.78, 5) is 3.88. The standard InChI is InChI=1S/C11H9ClF3N3O/c1-6-17-9(18-19-6)5-16-10-7(11(13,14)15)3-2-4-8(10)12/h2-4,16H,5H2,1H3. The van der Waals surface area contributed by atoms with E-state index in [-0.39, 0.29) is 23.1 Å². The van der Waals surface area contributed by atoms with Gasteiger partial charge in [-0.25, -0.2) is 0 Å². The maximum absolute atomic E-state index is 12.8. The Morgan fingerprint density at radius 1 is 1.37 bits per heavy atom. The van der Waals surface area contributed by atoms with Crippen LogP contribution in [0.4, 0.5) is 18.9 Å². The van der Waals surface area contributed by atoms with Crippen LogP contribution in [0.1, 0.15) is 17.3 Å². The molecule has 2 rings (SSSR count). The number of nitrogens with one attached hydrogen (secondary N) is 1. The lowest BCUT2D eigenvalue weighted by Crippen LogP contribution is -2.11. The molecule has 4 nitrogen and oxygen atoms in total. The molecule has 0 aliphatic carbocycles. The Bertz CT molecular complexity index is 583. The molecule has 0 bridgehead atoms. The summed E-state index contributed by atoms with van der Waals surface area (Å²) in [5.41, 5.74) is -1.03. The molecule has 1 aromatic heterocycles. The lowest BCUT2D eigenvalue weighted by Gasteiger charge is -2.14. The van der Waals surface area contributed by atoms with Crippen molar-refractivity contribution < 1.29 is 17.7 Å². The summed E-state index contributed by atoms with van der Waals surface area (Å²) >= 11 is 5.78. The molecule has 1 heterocycles. The van der Waals surface area contributed by atoms with Gasteiger partial charge >= 0.3 is 6.18 Å². The van der Waals surface area contributed by atoms with Crippen molar-refractivity contribution in [3.05, 3.63) is 40.5 Å². The van der Waals surface area contributed by atoms with E-state index >= 15 is 0 Å². The van der Waals surface area contributed by atoms with Gasteiger partial charge in [0.15, 0.2) is 5.82 Å². The summed E-state index contributed by atoms with van der Waals surface area (Å²) in [5.74, 6) is 0.595. The summed E-state index contributed by atoms with van der Waals surface area (Å²) in [6.45, 7) is 1.58. The zero-order valence-electron chi connectivity index (χ0n) is 9.75. The van der Waals surface area contributed by atoms with Crippen molar-refractivity contribution in [3.63, 3.8) is 0 Å². The SMILES string of the molecule is Cc1nc(CNc2c(Cl)cccc2C(F)(F)F)no1. The predicted octanol–water partition coefficient (Wildman–Crippen LogP) is 3.66. The molecule has 0 atom stereocenters. The monoisotopic (exact) mass is 291 g/mol. The third-order valence-corrected chi connectivity index (χ3v) is 2.63.